The molecule has 8 heteroatoms. The lowest BCUT2D eigenvalue weighted by molar-refractivity contribution is -0.258. The van der Waals surface area contributed by atoms with Gasteiger partial charge in [-0.3, -0.25) is 4.79 Å². The molecule has 1 aliphatic heterocycles. The van der Waals surface area contributed by atoms with Crippen LogP contribution in [0.25, 0.3) is 0 Å². The molecule has 1 heterocycles. The maximum Gasteiger partial charge on any atom is 0.421 e. The molecule has 2 aliphatic carbocycles. The SMILES string of the molecule is CC(O)(c1ccc(C(=O)N(C2CC2)C2CCN(CCC3(CC#N)CCC3)CC2)cc1)C(F)(F)F. The predicted octanol–water partition coefficient (Wildman–Crippen LogP) is 5.00. The van der Waals surface area contributed by atoms with Crippen LogP contribution in [0.1, 0.15) is 80.6 Å². The average molecular weight is 478 g/mol. The van der Waals surface area contributed by atoms with Crippen LogP contribution >= 0.6 is 0 Å². The minimum atomic E-state index is -4.79. The van der Waals surface area contributed by atoms with E-state index in [0.29, 0.717) is 12.0 Å². The van der Waals surface area contributed by atoms with E-state index in [9.17, 15) is 23.1 Å². The standard InChI is InChI=1S/C26H34F3N3O2/c1-24(34,26(27,28)29)20-5-3-19(4-6-20)23(33)32(21-7-8-21)22-9-16-31(17-10-22)18-14-25(13-15-30)11-2-12-25/h3-6,21-22,34H,2,7-14,16-18H2,1H3. The zero-order valence-electron chi connectivity index (χ0n) is 19.8. The molecule has 1 aromatic rings. The molecule has 3 aliphatic rings. The molecule has 34 heavy (non-hydrogen) atoms. The maximum absolute atomic E-state index is 13.3. The third-order valence-corrected chi connectivity index (χ3v) is 8.20. The Morgan fingerprint density at radius 2 is 1.74 bits per heavy atom. The van der Waals surface area contributed by atoms with Gasteiger partial charge in [-0.1, -0.05) is 18.6 Å². The van der Waals surface area contributed by atoms with Gasteiger partial charge in [-0.15, -0.1) is 0 Å². The van der Waals surface area contributed by atoms with Crippen molar-refractivity contribution in [1.82, 2.24) is 9.80 Å². The lowest BCUT2D eigenvalue weighted by atomic mass is 9.65. The molecule has 1 atom stereocenters. The highest BCUT2D eigenvalue weighted by Crippen LogP contribution is 2.47. The van der Waals surface area contributed by atoms with E-state index in [2.05, 4.69) is 11.0 Å². The molecule has 186 valence electrons. The van der Waals surface area contributed by atoms with Crippen molar-refractivity contribution in [3.63, 3.8) is 0 Å². The van der Waals surface area contributed by atoms with Gasteiger partial charge in [-0.2, -0.15) is 18.4 Å². The Labute approximate surface area is 199 Å². The van der Waals surface area contributed by atoms with Gasteiger partial charge in [0.05, 0.1) is 6.07 Å². The van der Waals surface area contributed by atoms with Crippen LogP contribution in [0, 0.1) is 16.7 Å². The highest BCUT2D eigenvalue weighted by Gasteiger charge is 2.51. The number of benzene rings is 1. The Morgan fingerprint density at radius 3 is 2.21 bits per heavy atom. The summed E-state index contributed by atoms with van der Waals surface area (Å²) in [6.45, 7) is 3.54. The van der Waals surface area contributed by atoms with Crippen LogP contribution in [-0.2, 0) is 5.60 Å². The number of carbonyl (C=O) groups excluding carboxylic acids is 1. The number of nitrogens with zero attached hydrogens (tertiary/aromatic N) is 3. The number of piperidine rings is 1. The van der Waals surface area contributed by atoms with Crippen LogP contribution in [0.2, 0.25) is 0 Å². The molecule has 1 saturated heterocycles. The quantitative estimate of drug-likeness (QED) is 0.572. The fourth-order valence-corrected chi connectivity index (χ4v) is 5.41. The Morgan fingerprint density at radius 1 is 1.15 bits per heavy atom. The molecule has 4 rings (SSSR count). The molecule has 0 radical (unpaired) electrons. The van der Waals surface area contributed by atoms with Crippen molar-refractivity contribution in [3.05, 3.63) is 35.4 Å². The highest BCUT2D eigenvalue weighted by molar-refractivity contribution is 5.95. The third-order valence-electron chi connectivity index (χ3n) is 8.20. The summed E-state index contributed by atoms with van der Waals surface area (Å²) in [6, 6.07) is 7.89. The summed E-state index contributed by atoms with van der Waals surface area (Å²) in [5.74, 6) is -0.137. The smallest absolute Gasteiger partial charge is 0.376 e. The Bertz CT molecular complexity index is 907. The van der Waals surface area contributed by atoms with Crippen LogP contribution in [0.15, 0.2) is 24.3 Å². The number of likely N-dealkylation sites (tertiary alicyclic amines) is 1. The van der Waals surface area contributed by atoms with E-state index in [-0.39, 0.29) is 29.0 Å². The predicted molar refractivity (Wildman–Crippen MR) is 122 cm³/mol. The fraction of sp³-hybridized carbons (Fsp3) is 0.692. The monoisotopic (exact) mass is 477 g/mol. The van der Waals surface area contributed by atoms with Crippen molar-refractivity contribution in [3.8, 4) is 6.07 Å². The largest absolute Gasteiger partial charge is 0.421 e. The summed E-state index contributed by atoms with van der Waals surface area (Å²) in [7, 11) is 0. The molecular weight excluding hydrogens is 443 g/mol. The van der Waals surface area contributed by atoms with Gasteiger partial charge in [0.1, 0.15) is 0 Å². The van der Waals surface area contributed by atoms with Crippen molar-refractivity contribution in [1.29, 1.82) is 5.26 Å². The molecule has 1 aromatic carbocycles. The number of halogens is 3. The van der Waals surface area contributed by atoms with E-state index in [1.54, 1.807) is 0 Å². The second kappa shape index (κ2) is 9.50. The maximum atomic E-state index is 13.3. The van der Waals surface area contributed by atoms with Crippen LogP contribution in [-0.4, -0.2) is 58.7 Å². The third kappa shape index (κ3) is 5.11. The van der Waals surface area contributed by atoms with Crippen molar-refractivity contribution < 1.29 is 23.1 Å². The lowest BCUT2D eigenvalue weighted by Gasteiger charge is -2.43. The zero-order valence-corrected chi connectivity index (χ0v) is 19.8. The summed E-state index contributed by atoms with van der Waals surface area (Å²) >= 11 is 0. The number of hydrogen-bond donors (Lipinski definition) is 1. The second-order valence-corrected chi connectivity index (χ2v) is 10.6. The first-order chi connectivity index (χ1) is 16.1. The minimum absolute atomic E-state index is 0.131. The topological polar surface area (TPSA) is 67.6 Å². The van der Waals surface area contributed by atoms with Gasteiger partial charge in [0.15, 0.2) is 5.60 Å². The summed E-state index contributed by atoms with van der Waals surface area (Å²) in [4.78, 5) is 17.7. The van der Waals surface area contributed by atoms with Gasteiger partial charge in [0, 0.05) is 37.2 Å². The molecule has 0 bridgehead atoms. The number of nitriles is 1. The Kier molecular flexibility index (Phi) is 6.99. The van der Waals surface area contributed by atoms with Gasteiger partial charge in [0.2, 0.25) is 0 Å². The van der Waals surface area contributed by atoms with Gasteiger partial charge in [0.25, 0.3) is 5.91 Å². The Balaban J connectivity index is 1.36. The van der Waals surface area contributed by atoms with Gasteiger partial charge in [-0.05, 0) is 81.5 Å². The van der Waals surface area contributed by atoms with E-state index in [1.165, 1.54) is 30.7 Å². The second-order valence-electron chi connectivity index (χ2n) is 10.6. The van der Waals surface area contributed by atoms with E-state index in [1.807, 2.05) is 4.90 Å². The molecule has 3 fully saturated rings. The number of carbonyl (C=O) groups is 1. The van der Waals surface area contributed by atoms with Crippen LogP contribution in [0.3, 0.4) is 0 Å². The van der Waals surface area contributed by atoms with Crippen LogP contribution in [0.5, 0.6) is 0 Å². The summed E-state index contributed by atoms with van der Waals surface area (Å²) in [6.07, 6.45) is 4.12. The lowest BCUT2D eigenvalue weighted by Crippen LogP contribution is -2.49. The Hall–Kier alpha value is -2.11. The van der Waals surface area contributed by atoms with E-state index >= 15 is 0 Å². The van der Waals surface area contributed by atoms with Crippen molar-refractivity contribution in [2.45, 2.75) is 88.6 Å². The molecule has 1 amide bonds. The van der Waals surface area contributed by atoms with E-state index in [0.717, 1.165) is 71.5 Å². The van der Waals surface area contributed by atoms with Crippen molar-refractivity contribution in [2.24, 2.45) is 5.41 Å². The summed E-state index contributed by atoms with van der Waals surface area (Å²) < 4.78 is 39.4. The molecule has 0 spiro atoms. The molecular formula is C26H34F3N3O2. The molecule has 1 unspecified atom stereocenters. The molecule has 2 saturated carbocycles. The highest BCUT2D eigenvalue weighted by atomic mass is 19.4. The molecule has 5 nitrogen and oxygen atoms in total. The van der Waals surface area contributed by atoms with Crippen molar-refractivity contribution in [2.75, 3.05) is 19.6 Å². The minimum Gasteiger partial charge on any atom is -0.376 e. The average Bonchev–Trinajstić information content (AvgIpc) is 3.61. The normalized spacial score (nSPS) is 22.9. The summed E-state index contributed by atoms with van der Waals surface area (Å²) in [5, 5.41) is 19.0. The molecule has 1 N–H and O–H groups in total. The van der Waals surface area contributed by atoms with Crippen LogP contribution in [0.4, 0.5) is 13.2 Å². The van der Waals surface area contributed by atoms with Gasteiger partial charge >= 0.3 is 6.18 Å². The summed E-state index contributed by atoms with van der Waals surface area (Å²) in [5.41, 5.74) is -2.66. The number of aliphatic hydroxyl groups is 1. The first-order valence-corrected chi connectivity index (χ1v) is 12.4. The first kappa shape index (κ1) is 25.0. The number of rotatable bonds is 8. The fourth-order valence-electron chi connectivity index (χ4n) is 5.41. The number of amides is 1. The molecule has 0 aromatic heterocycles. The zero-order chi connectivity index (χ0) is 24.6. The van der Waals surface area contributed by atoms with E-state index in [4.69, 9.17) is 5.26 Å². The first-order valence-electron chi connectivity index (χ1n) is 12.4. The van der Waals surface area contributed by atoms with Gasteiger partial charge in [-0.25, -0.2) is 0 Å². The van der Waals surface area contributed by atoms with Gasteiger partial charge < -0.3 is 14.9 Å². The number of hydrogen-bond acceptors (Lipinski definition) is 4. The van der Waals surface area contributed by atoms with Crippen molar-refractivity contribution >= 4 is 5.91 Å². The van der Waals surface area contributed by atoms with E-state index < -0.39 is 11.8 Å². The number of alkyl halides is 3. The van der Waals surface area contributed by atoms with Crippen LogP contribution < -0.4 is 0 Å².